The van der Waals surface area contributed by atoms with E-state index >= 15 is 0 Å². The number of aryl methyl sites for hydroxylation is 1. The number of benzene rings is 1. The molecule has 2 amide bonds. The van der Waals surface area contributed by atoms with Crippen molar-refractivity contribution >= 4 is 11.8 Å². The number of hydrogen-bond acceptors (Lipinski definition) is 7. The summed E-state index contributed by atoms with van der Waals surface area (Å²) in [5.74, 6) is -0.0629. The van der Waals surface area contributed by atoms with Gasteiger partial charge in [0, 0.05) is 38.6 Å². The number of carbonyl (C=O) groups is 2. The maximum Gasteiger partial charge on any atom is 0.240 e. The largest absolute Gasteiger partial charge is 0.492 e. The molecule has 0 radical (unpaired) electrons. The first-order chi connectivity index (χ1) is 18.8. The molecule has 1 aromatic carbocycles. The number of fused-ring (bicyclic) bond motifs is 1. The van der Waals surface area contributed by atoms with Gasteiger partial charge in [0.25, 0.3) is 0 Å². The Labute approximate surface area is 229 Å². The quantitative estimate of drug-likeness (QED) is 0.468. The number of amides is 2. The van der Waals surface area contributed by atoms with Gasteiger partial charge in [-0.15, -0.1) is 0 Å². The minimum Gasteiger partial charge on any atom is -0.492 e. The summed E-state index contributed by atoms with van der Waals surface area (Å²) >= 11 is 0. The lowest BCUT2D eigenvalue weighted by Crippen LogP contribution is -2.59. The van der Waals surface area contributed by atoms with Crippen LogP contribution in [0.4, 0.5) is 4.39 Å². The number of aliphatic hydroxyl groups excluding tert-OH is 1. The summed E-state index contributed by atoms with van der Waals surface area (Å²) in [6, 6.07) is 6.43. The maximum atomic E-state index is 14.0. The average molecular weight is 542 g/mol. The van der Waals surface area contributed by atoms with E-state index in [1.165, 1.54) is 12.1 Å². The molecule has 2 heterocycles. The zero-order valence-electron chi connectivity index (χ0n) is 22.7. The Bertz CT molecular complexity index is 1100. The Balaban J connectivity index is 1.55. The predicted molar refractivity (Wildman–Crippen MR) is 145 cm³/mol. The van der Waals surface area contributed by atoms with E-state index in [0.717, 1.165) is 30.4 Å². The fraction of sp³-hybridized carbons (Fsp3) is 0.552. The number of nitrogens with one attached hydrogen (secondary N) is 3. The number of likely N-dealkylation sites (N-methyl/N-ethyl adjacent to an activating group) is 1. The van der Waals surface area contributed by atoms with Gasteiger partial charge in [0.15, 0.2) is 0 Å². The van der Waals surface area contributed by atoms with Crippen molar-refractivity contribution in [3.63, 3.8) is 0 Å². The van der Waals surface area contributed by atoms with Crippen LogP contribution < -0.4 is 20.7 Å². The number of rotatable bonds is 3. The van der Waals surface area contributed by atoms with Crippen LogP contribution in [0.25, 0.3) is 0 Å². The van der Waals surface area contributed by atoms with Gasteiger partial charge in [-0.2, -0.15) is 0 Å². The molecule has 39 heavy (non-hydrogen) atoms. The van der Waals surface area contributed by atoms with E-state index in [0.29, 0.717) is 38.1 Å². The summed E-state index contributed by atoms with van der Waals surface area (Å²) in [6.45, 7) is 2.88. The van der Waals surface area contributed by atoms with Gasteiger partial charge in [0.2, 0.25) is 11.8 Å². The van der Waals surface area contributed by atoms with Gasteiger partial charge in [-0.1, -0.05) is 12.5 Å². The zero-order chi connectivity index (χ0) is 27.8. The number of aliphatic hydroxyl groups is 1. The first-order valence-electron chi connectivity index (χ1n) is 13.9. The highest BCUT2D eigenvalue weighted by Gasteiger charge is 2.37. The molecule has 1 aliphatic carbocycles. The molecule has 1 aliphatic heterocycles. The molecular weight excluding hydrogens is 501 g/mol. The Morgan fingerprint density at radius 1 is 1.13 bits per heavy atom. The molecule has 0 saturated heterocycles. The molecule has 2 aromatic rings. The van der Waals surface area contributed by atoms with Crippen LogP contribution in [-0.4, -0.2) is 77.9 Å². The van der Waals surface area contributed by atoms with E-state index in [1.807, 2.05) is 12.1 Å². The summed E-state index contributed by atoms with van der Waals surface area (Å²) in [4.78, 5) is 32.4. The molecule has 0 spiro atoms. The van der Waals surface area contributed by atoms with Crippen molar-refractivity contribution in [1.82, 2.24) is 25.8 Å². The number of nitrogens with zero attached hydrogens (tertiary/aromatic N) is 2. The lowest BCUT2D eigenvalue weighted by atomic mass is 9.79. The third kappa shape index (κ3) is 7.74. The molecule has 9 nitrogen and oxygen atoms in total. The van der Waals surface area contributed by atoms with Crippen LogP contribution in [0.3, 0.4) is 0 Å². The first-order valence-corrected chi connectivity index (χ1v) is 13.9. The highest BCUT2D eigenvalue weighted by atomic mass is 19.1. The van der Waals surface area contributed by atoms with Crippen molar-refractivity contribution in [3.05, 3.63) is 59.7 Å². The minimum atomic E-state index is -1.12. The highest BCUT2D eigenvalue weighted by Crippen LogP contribution is 2.31. The van der Waals surface area contributed by atoms with Crippen LogP contribution in [0.1, 0.15) is 43.7 Å². The second-order valence-corrected chi connectivity index (χ2v) is 10.5. The Morgan fingerprint density at radius 3 is 2.62 bits per heavy atom. The normalized spacial score (nSPS) is 26.4. The number of ether oxygens (including phenoxy) is 1. The lowest BCUT2D eigenvalue weighted by molar-refractivity contribution is -0.139. The zero-order valence-corrected chi connectivity index (χ0v) is 22.7. The molecule has 1 saturated carbocycles. The Hall–Kier alpha value is -3.08. The third-order valence-electron chi connectivity index (χ3n) is 7.86. The Morgan fingerprint density at radius 2 is 1.90 bits per heavy atom. The van der Waals surface area contributed by atoms with Crippen molar-refractivity contribution in [3.8, 4) is 5.75 Å². The van der Waals surface area contributed by atoms with E-state index < -0.39 is 24.4 Å². The van der Waals surface area contributed by atoms with Crippen LogP contribution in [0.15, 0.2) is 42.7 Å². The minimum absolute atomic E-state index is 0.115. The van der Waals surface area contributed by atoms with Gasteiger partial charge in [0.05, 0.1) is 18.1 Å². The van der Waals surface area contributed by atoms with E-state index in [9.17, 15) is 19.1 Å². The molecular formula is C29H40FN5O4. The maximum absolute atomic E-state index is 14.0. The van der Waals surface area contributed by atoms with Crippen molar-refractivity contribution in [1.29, 1.82) is 0 Å². The standard InChI is InChI=1S/C29H40FN5O4/c1-19-27(36)34-24(17-20-10-13-31-14-11-20)28(37)33-12-4-7-21-8-9-23(30)18-25(21)39-16-15-32-26(22-5-3-6-22)29(38)35(19)2/h8-11,13-14,18-19,22,24,26-27,32,34,36H,3-7,12,15-17H2,1-2H3,(H,33,37). The van der Waals surface area contributed by atoms with Crippen molar-refractivity contribution in [2.45, 2.75) is 69.8 Å². The first kappa shape index (κ1) is 28.9. The third-order valence-corrected chi connectivity index (χ3v) is 7.86. The van der Waals surface area contributed by atoms with Crippen LogP contribution >= 0.6 is 0 Å². The van der Waals surface area contributed by atoms with E-state index in [1.54, 1.807) is 37.3 Å². The van der Waals surface area contributed by atoms with Crippen molar-refractivity contribution < 1.29 is 23.8 Å². The molecule has 4 rings (SSSR count). The monoisotopic (exact) mass is 541 g/mol. The van der Waals surface area contributed by atoms with Gasteiger partial charge in [0.1, 0.15) is 24.4 Å². The van der Waals surface area contributed by atoms with Gasteiger partial charge >= 0.3 is 0 Å². The summed E-state index contributed by atoms with van der Waals surface area (Å²) in [6.07, 6.45) is 6.76. The number of hydrogen-bond donors (Lipinski definition) is 4. The van der Waals surface area contributed by atoms with Crippen LogP contribution in [0.5, 0.6) is 5.75 Å². The molecule has 2 aliphatic rings. The number of pyridine rings is 1. The Kier molecular flexibility index (Phi) is 10.2. The van der Waals surface area contributed by atoms with Crippen molar-refractivity contribution in [2.24, 2.45) is 5.92 Å². The summed E-state index contributed by atoms with van der Waals surface area (Å²) in [7, 11) is 1.68. The number of halogens is 1. The van der Waals surface area contributed by atoms with Gasteiger partial charge in [-0.05, 0) is 74.3 Å². The fourth-order valence-electron chi connectivity index (χ4n) is 5.05. The number of aromatic nitrogens is 1. The predicted octanol–water partition coefficient (Wildman–Crippen LogP) is 1.79. The topological polar surface area (TPSA) is 116 Å². The van der Waals surface area contributed by atoms with Gasteiger partial charge in [-0.25, -0.2) is 4.39 Å². The molecule has 4 atom stereocenters. The molecule has 4 N–H and O–H groups in total. The summed E-state index contributed by atoms with van der Waals surface area (Å²) < 4.78 is 19.9. The number of carbonyl (C=O) groups excluding carboxylic acids is 2. The SMILES string of the molecule is CC1C(O)NC(Cc2ccncc2)C(=O)NCCCc2ccc(F)cc2OCCNC(C2CCC2)C(=O)N1C. The van der Waals surface area contributed by atoms with Crippen LogP contribution in [0, 0.1) is 11.7 Å². The van der Waals surface area contributed by atoms with Gasteiger partial charge in [-0.3, -0.25) is 19.9 Å². The highest BCUT2D eigenvalue weighted by molar-refractivity contribution is 5.83. The second-order valence-electron chi connectivity index (χ2n) is 10.5. The summed E-state index contributed by atoms with van der Waals surface area (Å²) in [5.41, 5.74) is 1.75. The van der Waals surface area contributed by atoms with E-state index in [2.05, 4.69) is 20.9 Å². The molecule has 1 aromatic heterocycles. The molecule has 1 fully saturated rings. The smallest absolute Gasteiger partial charge is 0.240 e. The van der Waals surface area contributed by atoms with E-state index in [4.69, 9.17) is 4.74 Å². The lowest BCUT2D eigenvalue weighted by Gasteiger charge is -2.39. The van der Waals surface area contributed by atoms with Crippen molar-refractivity contribution in [2.75, 3.05) is 26.7 Å². The fourth-order valence-corrected chi connectivity index (χ4v) is 5.05. The molecule has 0 bridgehead atoms. The molecule has 10 heteroatoms. The van der Waals surface area contributed by atoms with E-state index in [-0.39, 0.29) is 30.2 Å². The summed E-state index contributed by atoms with van der Waals surface area (Å²) in [5, 5.41) is 20.5. The van der Waals surface area contributed by atoms with Crippen LogP contribution in [-0.2, 0) is 22.4 Å². The second kappa shape index (κ2) is 13.8. The average Bonchev–Trinajstić information content (AvgIpc) is 2.90. The molecule has 212 valence electrons. The van der Waals surface area contributed by atoms with Crippen LogP contribution in [0.2, 0.25) is 0 Å². The molecule has 4 unspecified atom stereocenters. The van der Waals surface area contributed by atoms with Gasteiger partial charge < -0.3 is 25.4 Å².